The third kappa shape index (κ3) is 5.66. The van der Waals surface area contributed by atoms with Gasteiger partial charge < -0.3 is 10.1 Å². The summed E-state index contributed by atoms with van der Waals surface area (Å²) < 4.78 is 18.7. The van der Waals surface area contributed by atoms with Crippen molar-refractivity contribution in [1.82, 2.24) is 15.3 Å². The van der Waals surface area contributed by atoms with Crippen LogP contribution in [0.3, 0.4) is 0 Å². The Bertz CT molecular complexity index is 817. The second kappa shape index (κ2) is 9.33. The molecule has 1 aromatic heterocycles. The molecule has 8 heteroatoms. The highest BCUT2D eigenvalue weighted by Gasteiger charge is 2.24. The SMILES string of the molecule is N#Cc1nccnc1OC1CCC(NC(=O)CSc2ccc(F)cc2)CC1. The highest BCUT2D eigenvalue weighted by atomic mass is 32.2. The first-order valence-electron chi connectivity index (χ1n) is 8.69. The van der Waals surface area contributed by atoms with Crippen LogP contribution in [-0.4, -0.2) is 33.8 Å². The molecule has 0 bridgehead atoms. The maximum Gasteiger partial charge on any atom is 0.251 e. The molecule has 3 rings (SSSR count). The standard InChI is InChI=1S/C19H19FN4O2S/c20-13-1-7-16(8-2-13)27-12-18(25)24-14-3-5-15(6-4-14)26-19-17(11-21)22-9-10-23-19/h1-2,7-10,14-15H,3-6,12H2,(H,24,25). The van der Waals surface area contributed by atoms with E-state index < -0.39 is 0 Å². The van der Waals surface area contributed by atoms with Gasteiger partial charge in [0.15, 0.2) is 0 Å². The second-order valence-electron chi connectivity index (χ2n) is 6.22. The van der Waals surface area contributed by atoms with Gasteiger partial charge in [-0.3, -0.25) is 4.79 Å². The van der Waals surface area contributed by atoms with E-state index in [1.165, 1.54) is 36.3 Å². The maximum absolute atomic E-state index is 12.9. The Morgan fingerprint density at radius 1 is 1.22 bits per heavy atom. The number of benzene rings is 1. The number of aromatic nitrogens is 2. The Labute approximate surface area is 161 Å². The fourth-order valence-electron chi connectivity index (χ4n) is 2.92. The summed E-state index contributed by atoms with van der Waals surface area (Å²) in [6.07, 6.45) is 6.09. The van der Waals surface area contributed by atoms with Gasteiger partial charge in [-0.2, -0.15) is 5.26 Å². The van der Waals surface area contributed by atoms with Crippen LogP contribution < -0.4 is 10.1 Å². The van der Waals surface area contributed by atoms with Crippen molar-refractivity contribution in [3.05, 3.63) is 48.2 Å². The number of nitrogens with zero attached hydrogens (tertiary/aromatic N) is 3. The highest BCUT2D eigenvalue weighted by molar-refractivity contribution is 8.00. The van der Waals surface area contributed by atoms with Gasteiger partial charge >= 0.3 is 0 Å². The smallest absolute Gasteiger partial charge is 0.251 e. The third-order valence-corrected chi connectivity index (χ3v) is 5.28. The molecule has 1 aromatic carbocycles. The van der Waals surface area contributed by atoms with Gasteiger partial charge in [0.25, 0.3) is 5.88 Å². The van der Waals surface area contributed by atoms with E-state index in [1.807, 2.05) is 6.07 Å². The number of nitrogens with one attached hydrogen (secondary N) is 1. The molecule has 0 spiro atoms. The monoisotopic (exact) mass is 386 g/mol. The molecular formula is C19H19FN4O2S. The number of nitriles is 1. The lowest BCUT2D eigenvalue weighted by Crippen LogP contribution is -2.40. The molecule has 1 fully saturated rings. The number of hydrogen-bond donors (Lipinski definition) is 1. The summed E-state index contributed by atoms with van der Waals surface area (Å²) in [7, 11) is 0. The molecule has 0 atom stereocenters. The van der Waals surface area contributed by atoms with Gasteiger partial charge in [0, 0.05) is 23.3 Å². The van der Waals surface area contributed by atoms with Crippen molar-refractivity contribution in [2.75, 3.05) is 5.75 Å². The molecule has 0 unspecified atom stereocenters. The van der Waals surface area contributed by atoms with E-state index in [4.69, 9.17) is 10.00 Å². The number of amides is 1. The molecule has 1 aliphatic rings. The van der Waals surface area contributed by atoms with Crippen molar-refractivity contribution in [2.24, 2.45) is 0 Å². The molecule has 0 radical (unpaired) electrons. The summed E-state index contributed by atoms with van der Waals surface area (Å²) in [5.41, 5.74) is 0.186. The lowest BCUT2D eigenvalue weighted by atomic mass is 9.93. The Kier molecular flexibility index (Phi) is 6.60. The molecule has 2 aromatic rings. The molecular weight excluding hydrogens is 367 g/mol. The van der Waals surface area contributed by atoms with E-state index in [-0.39, 0.29) is 35.4 Å². The van der Waals surface area contributed by atoms with Gasteiger partial charge in [0.05, 0.1) is 5.75 Å². The maximum atomic E-state index is 12.9. The fourth-order valence-corrected chi connectivity index (χ4v) is 3.63. The summed E-state index contributed by atoms with van der Waals surface area (Å²) in [6.45, 7) is 0. The lowest BCUT2D eigenvalue weighted by molar-refractivity contribution is -0.119. The summed E-state index contributed by atoms with van der Waals surface area (Å²) in [4.78, 5) is 21.0. The van der Waals surface area contributed by atoms with Crippen molar-refractivity contribution in [3.63, 3.8) is 0 Å². The van der Waals surface area contributed by atoms with Crippen molar-refractivity contribution < 1.29 is 13.9 Å². The number of halogens is 1. The van der Waals surface area contributed by atoms with Gasteiger partial charge in [-0.25, -0.2) is 14.4 Å². The molecule has 1 aliphatic carbocycles. The van der Waals surface area contributed by atoms with Crippen LogP contribution in [0.15, 0.2) is 41.6 Å². The van der Waals surface area contributed by atoms with Crippen LogP contribution in [0.4, 0.5) is 4.39 Å². The van der Waals surface area contributed by atoms with E-state index in [0.29, 0.717) is 5.75 Å². The summed E-state index contributed by atoms with van der Waals surface area (Å²) in [5.74, 6) is 0.247. The summed E-state index contributed by atoms with van der Waals surface area (Å²) >= 11 is 1.38. The minimum atomic E-state index is -0.286. The van der Waals surface area contributed by atoms with Crippen molar-refractivity contribution in [2.45, 2.75) is 42.7 Å². The Morgan fingerprint density at radius 3 is 2.63 bits per heavy atom. The fraction of sp³-hybridized carbons (Fsp3) is 0.368. The molecule has 0 aliphatic heterocycles. The minimum absolute atomic E-state index is 0.0319. The number of thioether (sulfide) groups is 1. The normalized spacial score (nSPS) is 19.1. The van der Waals surface area contributed by atoms with Crippen LogP contribution in [0.1, 0.15) is 31.4 Å². The van der Waals surface area contributed by atoms with E-state index in [9.17, 15) is 9.18 Å². The van der Waals surface area contributed by atoms with E-state index in [1.54, 1.807) is 12.1 Å². The highest BCUT2D eigenvalue weighted by Crippen LogP contribution is 2.24. The van der Waals surface area contributed by atoms with Crippen LogP contribution in [0.2, 0.25) is 0 Å². The molecule has 27 heavy (non-hydrogen) atoms. The summed E-state index contributed by atoms with van der Waals surface area (Å²) in [6, 6.07) is 8.19. The molecule has 1 saturated carbocycles. The molecule has 1 heterocycles. The Morgan fingerprint density at radius 2 is 1.93 bits per heavy atom. The minimum Gasteiger partial charge on any atom is -0.472 e. The lowest BCUT2D eigenvalue weighted by Gasteiger charge is -2.29. The van der Waals surface area contributed by atoms with Gasteiger partial charge in [-0.05, 0) is 49.9 Å². The van der Waals surface area contributed by atoms with E-state index in [2.05, 4.69) is 15.3 Å². The van der Waals surface area contributed by atoms with Gasteiger partial charge in [0.1, 0.15) is 18.0 Å². The van der Waals surface area contributed by atoms with E-state index in [0.717, 1.165) is 30.6 Å². The van der Waals surface area contributed by atoms with E-state index >= 15 is 0 Å². The predicted octanol–water partition coefficient (Wildman–Crippen LogP) is 3.09. The number of carbonyl (C=O) groups is 1. The topological polar surface area (TPSA) is 87.9 Å². The largest absolute Gasteiger partial charge is 0.472 e. The first-order valence-corrected chi connectivity index (χ1v) is 9.68. The van der Waals surface area contributed by atoms with Crippen LogP contribution in [-0.2, 0) is 4.79 Å². The molecule has 1 N–H and O–H groups in total. The Hall–Kier alpha value is -2.66. The summed E-state index contributed by atoms with van der Waals surface area (Å²) in [5, 5.41) is 12.1. The van der Waals surface area contributed by atoms with Gasteiger partial charge in [-0.1, -0.05) is 0 Å². The molecule has 140 valence electrons. The van der Waals surface area contributed by atoms with Gasteiger partial charge in [0.2, 0.25) is 11.6 Å². The molecule has 6 nitrogen and oxygen atoms in total. The van der Waals surface area contributed by atoms with Crippen LogP contribution in [0, 0.1) is 17.1 Å². The van der Waals surface area contributed by atoms with Crippen LogP contribution in [0.5, 0.6) is 5.88 Å². The first-order chi connectivity index (χ1) is 13.1. The zero-order chi connectivity index (χ0) is 19.1. The van der Waals surface area contributed by atoms with Crippen molar-refractivity contribution in [1.29, 1.82) is 5.26 Å². The van der Waals surface area contributed by atoms with Gasteiger partial charge in [-0.15, -0.1) is 11.8 Å². The molecule has 1 amide bonds. The van der Waals surface area contributed by atoms with Crippen molar-refractivity contribution in [3.8, 4) is 11.9 Å². The van der Waals surface area contributed by atoms with Crippen molar-refractivity contribution >= 4 is 17.7 Å². The zero-order valence-corrected chi connectivity index (χ0v) is 15.4. The molecule has 0 saturated heterocycles. The average molecular weight is 386 g/mol. The average Bonchev–Trinajstić information content (AvgIpc) is 2.69. The third-order valence-electron chi connectivity index (χ3n) is 4.27. The second-order valence-corrected chi connectivity index (χ2v) is 7.27. The quantitative estimate of drug-likeness (QED) is 0.768. The first kappa shape index (κ1) is 19.1. The number of ether oxygens (including phenoxy) is 1. The van der Waals surface area contributed by atoms with Crippen LogP contribution in [0.25, 0.3) is 0 Å². The zero-order valence-electron chi connectivity index (χ0n) is 14.6. The van der Waals surface area contributed by atoms with Crippen LogP contribution >= 0.6 is 11.8 Å². The number of hydrogen-bond acceptors (Lipinski definition) is 6. The predicted molar refractivity (Wildman–Crippen MR) is 98.7 cm³/mol. The number of rotatable bonds is 6. The Balaban J connectivity index is 1.40. The number of carbonyl (C=O) groups excluding carboxylic acids is 1.